The van der Waals surface area contributed by atoms with Gasteiger partial charge in [-0.1, -0.05) is 25.4 Å². The lowest BCUT2D eigenvalue weighted by molar-refractivity contribution is -0.137. The molecule has 1 aliphatic heterocycles. The zero-order chi connectivity index (χ0) is 16.3. The predicted octanol–water partition coefficient (Wildman–Crippen LogP) is 4.00. The van der Waals surface area contributed by atoms with Crippen molar-refractivity contribution >= 4 is 17.4 Å². The Kier molecular flexibility index (Phi) is 3.60. The fourth-order valence-corrected chi connectivity index (χ4v) is 4.36. The minimum atomic E-state index is -4.44. The maximum absolute atomic E-state index is 12.7. The summed E-state index contributed by atoms with van der Waals surface area (Å²) < 4.78 is 43.9. The van der Waals surface area contributed by atoms with E-state index in [0.717, 1.165) is 25.3 Å². The van der Waals surface area contributed by atoms with Gasteiger partial charge in [0.1, 0.15) is 5.82 Å². The van der Waals surface area contributed by atoms with Crippen LogP contribution >= 0.6 is 11.6 Å². The van der Waals surface area contributed by atoms with Crippen molar-refractivity contribution in [1.29, 1.82) is 0 Å². The van der Waals surface area contributed by atoms with Crippen molar-refractivity contribution in [3.63, 3.8) is 0 Å². The number of pyridine rings is 1. The Hall–Kier alpha value is -1.01. The third-order valence-corrected chi connectivity index (χ3v) is 5.22. The Bertz CT molecular complexity index is 591. The van der Waals surface area contributed by atoms with E-state index in [4.69, 9.17) is 16.3 Å². The normalized spacial score (nSPS) is 29.9. The number of fused-ring (bicyclic) bond motifs is 1. The van der Waals surface area contributed by atoms with Crippen molar-refractivity contribution in [2.75, 3.05) is 18.6 Å². The highest BCUT2D eigenvalue weighted by atomic mass is 35.5. The molecule has 1 saturated heterocycles. The van der Waals surface area contributed by atoms with E-state index in [9.17, 15) is 13.2 Å². The lowest BCUT2D eigenvalue weighted by Gasteiger charge is -2.58. The van der Waals surface area contributed by atoms with Crippen molar-refractivity contribution in [2.45, 2.75) is 38.6 Å². The topological polar surface area (TPSA) is 25.4 Å². The molecule has 3 unspecified atom stereocenters. The predicted molar refractivity (Wildman–Crippen MR) is 78.1 cm³/mol. The van der Waals surface area contributed by atoms with E-state index in [2.05, 4.69) is 18.8 Å². The average molecular weight is 335 g/mol. The zero-order valence-electron chi connectivity index (χ0n) is 12.6. The van der Waals surface area contributed by atoms with Gasteiger partial charge in [-0.05, 0) is 12.5 Å². The van der Waals surface area contributed by atoms with Gasteiger partial charge >= 0.3 is 6.18 Å². The molecule has 2 fully saturated rings. The molecule has 7 heteroatoms. The van der Waals surface area contributed by atoms with Crippen LogP contribution in [0.25, 0.3) is 0 Å². The first-order chi connectivity index (χ1) is 10.1. The summed E-state index contributed by atoms with van der Waals surface area (Å²) in [5.74, 6) is 0.762. The number of anilines is 1. The Morgan fingerprint density at radius 2 is 2.09 bits per heavy atom. The largest absolute Gasteiger partial charge is 0.417 e. The van der Waals surface area contributed by atoms with Gasteiger partial charge < -0.3 is 9.64 Å². The smallest absolute Gasteiger partial charge is 0.377 e. The van der Waals surface area contributed by atoms with Gasteiger partial charge in [0.15, 0.2) is 0 Å². The van der Waals surface area contributed by atoms with Gasteiger partial charge in [-0.15, -0.1) is 0 Å². The summed E-state index contributed by atoms with van der Waals surface area (Å²) in [5, 5.41) is 0.0236. The first kappa shape index (κ1) is 15.9. The van der Waals surface area contributed by atoms with E-state index in [1.54, 1.807) is 0 Å². The van der Waals surface area contributed by atoms with E-state index in [-0.39, 0.29) is 22.6 Å². The van der Waals surface area contributed by atoms with Crippen LogP contribution in [0.2, 0.25) is 5.02 Å². The van der Waals surface area contributed by atoms with Crippen molar-refractivity contribution in [2.24, 2.45) is 11.3 Å². The van der Waals surface area contributed by atoms with Crippen LogP contribution in [0.1, 0.15) is 25.8 Å². The van der Waals surface area contributed by atoms with Gasteiger partial charge in [-0.2, -0.15) is 13.2 Å². The molecule has 0 amide bonds. The first-order valence-electron chi connectivity index (χ1n) is 7.21. The fourth-order valence-electron chi connectivity index (χ4n) is 4.06. The molecule has 1 saturated carbocycles. The molecule has 0 spiro atoms. The number of alkyl halides is 3. The summed E-state index contributed by atoms with van der Waals surface area (Å²) in [4.78, 5) is 5.86. The number of hydrogen-bond donors (Lipinski definition) is 0. The summed E-state index contributed by atoms with van der Waals surface area (Å²) in [5.41, 5.74) is -0.909. The second kappa shape index (κ2) is 4.99. The van der Waals surface area contributed by atoms with Crippen molar-refractivity contribution < 1.29 is 17.9 Å². The average Bonchev–Trinajstić information content (AvgIpc) is 2.83. The van der Waals surface area contributed by atoms with E-state index < -0.39 is 11.7 Å². The zero-order valence-corrected chi connectivity index (χ0v) is 13.4. The van der Waals surface area contributed by atoms with Gasteiger partial charge in [0.2, 0.25) is 0 Å². The number of nitrogens with zero attached hydrogens (tertiary/aromatic N) is 2. The van der Waals surface area contributed by atoms with Crippen LogP contribution in [0.4, 0.5) is 19.0 Å². The molecule has 1 aromatic rings. The highest BCUT2D eigenvalue weighted by molar-refractivity contribution is 6.33. The Balaban J connectivity index is 1.88. The van der Waals surface area contributed by atoms with E-state index >= 15 is 0 Å². The Morgan fingerprint density at radius 3 is 2.68 bits per heavy atom. The van der Waals surface area contributed by atoms with Crippen LogP contribution < -0.4 is 4.90 Å². The van der Waals surface area contributed by atoms with Crippen LogP contribution in [0, 0.1) is 11.3 Å². The highest BCUT2D eigenvalue weighted by Gasteiger charge is 2.61. The van der Waals surface area contributed by atoms with Crippen molar-refractivity contribution in [3.8, 4) is 0 Å². The molecule has 122 valence electrons. The molecule has 0 aromatic carbocycles. The van der Waals surface area contributed by atoms with Gasteiger partial charge in [0.05, 0.1) is 16.7 Å². The standard InChI is InChI=1S/C15H18ClF3N2O/c1-14(2)11(9-4-5-22-12(9)14)21(3)13-10(16)6-8(7-20-13)15(17,18)19/h6-7,9,11-12H,4-5H2,1-3H3. The van der Waals surface area contributed by atoms with Gasteiger partial charge in [-0.3, -0.25) is 0 Å². The molecule has 3 atom stereocenters. The Labute approximate surface area is 132 Å². The van der Waals surface area contributed by atoms with Crippen molar-refractivity contribution in [1.82, 2.24) is 4.98 Å². The number of halogens is 4. The molecule has 0 bridgehead atoms. The molecule has 1 aliphatic carbocycles. The van der Waals surface area contributed by atoms with Crippen LogP contribution in [0.3, 0.4) is 0 Å². The monoisotopic (exact) mass is 334 g/mol. The van der Waals surface area contributed by atoms with Crippen molar-refractivity contribution in [3.05, 3.63) is 22.8 Å². The lowest BCUT2D eigenvalue weighted by Crippen LogP contribution is -2.66. The van der Waals surface area contributed by atoms with Crippen LogP contribution in [0.5, 0.6) is 0 Å². The summed E-state index contributed by atoms with van der Waals surface area (Å²) in [6.45, 7) is 4.95. The molecular formula is C15H18ClF3N2O. The summed E-state index contributed by atoms with van der Waals surface area (Å²) in [6.07, 6.45) is -2.44. The van der Waals surface area contributed by atoms with Crippen LogP contribution in [0.15, 0.2) is 12.3 Å². The first-order valence-corrected chi connectivity index (χ1v) is 7.59. The van der Waals surface area contributed by atoms with E-state index in [0.29, 0.717) is 11.7 Å². The SMILES string of the molecule is CN(c1ncc(C(F)(F)F)cc1Cl)C1C2CCOC2C1(C)C. The summed E-state index contributed by atoms with van der Waals surface area (Å²) in [6, 6.07) is 1.09. The van der Waals surface area contributed by atoms with Gasteiger partial charge in [0, 0.05) is 37.2 Å². The van der Waals surface area contributed by atoms with Gasteiger partial charge in [0.25, 0.3) is 0 Å². The third-order valence-electron chi connectivity index (χ3n) is 4.94. The highest BCUT2D eigenvalue weighted by Crippen LogP contribution is 2.55. The molecule has 3 nitrogen and oxygen atoms in total. The number of aromatic nitrogens is 1. The molecule has 22 heavy (non-hydrogen) atoms. The summed E-state index contributed by atoms with van der Waals surface area (Å²) in [7, 11) is 1.84. The number of ether oxygens (including phenoxy) is 1. The van der Waals surface area contributed by atoms with E-state index in [1.807, 2.05) is 11.9 Å². The maximum atomic E-state index is 12.7. The number of hydrogen-bond acceptors (Lipinski definition) is 3. The second-order valence-corrected chi connectivity index (χ2v) is 7.06. The van der Waals surface area contributed by atoms with Crippen LogP contribution in [-0.2, 0) is 10.9 Å². The minimum Gasteiger partial charge on any atom is -0.377 e. The lowest BCUT2D eigenvalue weighted by atomic mass is 9.57. The number of rotatable bonds is 2. The second-order valence-electron chi connectivity index (χ2n) is 6.65. The molecule has 0 radical (unpaired) electrons. The molecule has 0 N–H and O–H groups in total. The van der Waals surface area contributed by atoms with E-state index in [1.165, 1.54) is 0 Å². The molecular weight excluding hydrogens is 317 g/mol. The minimum absolute atomic E-state index is 0.0236. The quantitative estimate of drug-likeness (QED) is 0.817. The van der Waals surface area contributed by atoms with Crippen LogP contribution in [-0.4, -0.2) is 30.8 Å². The Morgan fingerprint density at radius 1 is 1.41 bits per heavy atom. The molecule has 3 rings (SSSR count). The van der Waals surface area contributed by atoms with Gasteiger partial charge in [-0.25, -0.2) is 4.98 Å². The summed E-state index contributed by atoms with van der Waals surface area (Å²) >= 11 is 6.06. The molecule has 2 heterocycles. The molecule has 2 aliphatic rings. The maximum Gasteiger partial charge on any atom is 0.417 e. The third kappa shape index (κ3) is 2.27. The fraction of sp³-hybridized carbons (Fsp3) is 0.667. The molecule has 1 aromatic heterocycles.